The first-order valence-corrected chi connectivity index (χ1v) is 3.81. The van der Waals surface area contributed by atoms with Gasteiger partial charge in [0.25, 0.3) is 0 Å². The van der Waals surface area contributed by atoms with E-state index in [9.17, 15) is 4.91 Å². The summed E-state index contributed by atoms with van der Waals surface area (Å²) in [7, 11) is 1.66. The van der Waals surface area contributed by atoms with E-state index in [4.69, 9.17) is 10.8 Å². The summed E-state index contributed by atoms with van der Waals surface area (Å²) in [4.78, 5) is 10.4. The van der Waals surface area contributed by atoms with Gasteiger partial charge in [-0.15, -0.1) is 10.0 Å². The standard InChI is InChI=1S/C8H9N5O/c1-13-5-7(8(11-13)12-14)6(4-10)2-3-9/h2-5,9-10H,1H3/b6-2+,9-3?,10-4?. The normalized spacial score (nSPS) is 11.1. The molecule has 0 aliphatic carbocycles. The van der Waals surface area contributed by atoms with E-state index in [-0.39, 0.29) is 5.82 Å². The van der Waals surface area contributed by atoms with Crippen LogP contribution in [0.15, 0.2) is 17.4 Å². The van der Waals surface area contributed by atoms with Crippen molar-refractivity contribution in [3.63, 3.8) is 0 Å². The molecule has 0 saturated heterocycles. The van der Waals surface area contributed by atoms with Crippen LogP contribution in [0.5, 0.6) is 0 Å². The van der Waals surface area contributed by atoms with Crippen LogP contribution in [0, 0.1) is 15.7 Å². The Balaban J connectivity index is 3.27. The van der Waals surface area contributed by atoms with Gasteiger partial charge >= 0.3 is 0 Å². The van der Waals surface area contributed by atoms with Crippen LogP contribution in [-0.4, -0.2) is 22.2 Å². The zero-order valence-corrected chi connectivity index (χ0v) is 7.56. The number of hydrogen-bond donors (Lipinski definition) is 2. The number of nitrogens with zero attached hydrogens (tertiary/aromatic N) is 3. The summed E-state index contributed by atoms with van der Waals surface area (Å²) in [5, 5.41) is 20.5. The molecule has 0 fully saturated rings. The van der Waals surface area contributed by atoms with Gasteiger partial charge in [0.05, 0.1) is 5.56 Å². The summed E-state index contributed by atoms with van der Waals surface area (Å²) in [6.07, 6.45) is 5.08. The molecule has 1 aromatic heterocycles. The summed E-state index contributed by atoms with van der Waals surface area (Å²) in [5.41, 5.74) is 0.892. The molecule has 72 valence electrons. The molecule has 1 aromatic rings. The molecule has 0 atom stereocenters. The van der Waals surface area contributed by atoms with Gasteiger partial charge in [-0.25, -0.2) is 0 Å². The van der Waals surface area contributed by atoms with Crippen molar-refractivity contribution in [3.05, 3.63) is 22.7 Å². The SMILES string of the molecule is Cn1cc(/C(C=N)=C/C=N)c(N=O)n1. The Bertz CT molecular complexity index is 404. The van der Waals surface area contributed by atoms with Crippen LogP contribution < -0.4 is 0 Å². The molecule has 0 aromatic carbocycles. The molecule has 0 saturated carbocycles. The Labute approximate surface area is 80.2 Å². The van der Waals surface area contributed by atoms with Gasteiger partial charge in [-0.2, -0.15) is 0 Å². The van der Waals surface area contributed by atoms with E-state index in [1.807, 2.05) is 0 Å². The van der Waals surface area contributed by atoms with E-state index in [1.165, 1.54) is 10.8 Å². The molecule has 0 spiro atoms. The molecule has 0 radical (unpaired) electrons. The van der Waals surface area contributed by atoms with Crippen LogP contribution in [-0.2, 0) is 7.05 Å². The van der Waals surface area contributed by atoms with Gasteiger partial charge in [0.15, 0.2) is 0 Å². The van der Waals surface area contributed by atoms with E-state index in [0.29, 0.717) is 11.1 Å². The minimum atomic E-state index is 0.0316. The Morgan fingerprint density at radius 1 is 1.64 bits per heavy atom. The second kappa shape index (κ2) is 4.22. The van der Waals surface area contributed by atoms with Crippen LogP contribution in [0.1, 0.15) is 5.56 Å². The molecule has 6 nitrogen and oxygen atoms in total. The second-order valence-corrected chi connectivity index (χ2v) is 2.56. The zero-order valence-electron chi connectivity index (χ0n) is 7.56. The van der Waals surface area contributed by atoms with Gasteiger partial charge in [0.1, 0.15) is 0 Å². The van der Waals surface area contributed by atoms with E-state index in [1.54, 1.807) is 13.2 Å². The number of nitroso groups, excluding NO2 is 1. The molecular formula is C8H9N5O. The fourth-order valence-corrected chi connectivity index (χ4v) is 1.05. The monoisotopic (exact) mass is 191 g/mol. The summed E-state index contributed by atoms with van der Waals surface area (Å²) < 4.78 is 1.44. The quantitative estimate of drug-likeness (QED) is 0.557. The zero-order chi connectivity index (χ0) is 10.6. The highest BCUT2D eigenvalue weighted by molar-refractivity contribution is 6.13. The van der Waals surface area contributed by atoms with Gasteiger partial charge in [0, 0.05) is 31.2 Å². The fraction of sp³-hybridized carbons (Fsp3) is 0.125. The highest BCUT2D eigenvalue weighted by Gasteiger charge is 2.10. The molecule has 0 amide bonds. The fourth-order valence-electron chi connectivity index (χ4n) is 1.05. The second-order valence-electron chi connectivity index (χ2n) is 2.56. The molecular weight excluding hydrogens is 182 g/mol. The van der Waals surface area contributed by atoms with E-state index in [2.05, 4.69) is 10.3 Å². The molecule has 1 rings (SSSR count). The molecule has 0 aliphatic rings. The number of allylic oxidation sites excluding steroid dienone is 2. The van der Waals surface area contributed by atoms with Crippen LogP contribution >= 0.6 is 0 Å². The average Bonchev–Trinajstić information content (AvgIpc) is 2.55. The number of rotatable bonds is 4. The van der Waals surface area contributed by atoms with Gasteiger partial charge in [-0.3, -0.25) is 4.68 Å². The maximum atomic E-state index is 10.4. The molecule has 6 heteroatoms. The Kier molecular flexibility index (Phi) is 3.01. The minimum Gasteiger partial charge on any atom is -0.309 e. The molecule has 2 N–H and O–H groups in total. The summed E-state index contributed by atoms with van der Waals surface area (Å²) in [6, 6.07) is 0. The molecule has 0 aliphatic heterocycles. The maximum absolute atomic E-state index is 10.4. The van der Waals surface area contributed by atoms with Gasteiger partial charge in [-0.05, 0) is 11.3 Å². The molecule has 14 heavy (non-hydrogen) atoms. The van der Waals surface area contributed by atoms with Crippen LogP contribution in [0.3, 0.4) is 0 Å². The number of aryl methyl sites for hydroxylation is 1. The van der Waals surface area contributed by atoms with Gasteiger partial charge < -0.3 is 10.8 Å². The van der Waals surface area contributed by atoms with E-state index >= 15 is 0 Å². The maximum Gasteiger partial charge on any atom is 0.225 e. The third kappa shape index (κ3) is 1.79. The Morgan fingerprint density at radius 3 is 2.86 bits per heavy atom. The van der Waals surface area contributed by atoms with Crippen molar-refractivity contribution in [3.8, 4) is 0 Å². The van der Waals surface area contributed by atoms with E-state index in [0.717, 1.165) is 12.4 Å². The first kappa shape index (κ1) is 9.97. The number of aromatic nitrogens is 2. The Hall–Kier alpha value is -2.11. The topological polar surface area (TPSA) is 95.0 Å². The summed E-state index contributed by atoms with van der Waals surface area (Å²) in [5.74, 6) is 0.0316. The third-order valence-electron chi connectivity index (χ3n) is 1.63. The number of hydrogen-bond acceptors (Lipinski definition) is 5. The van der Waals surface area contributed by atoms with Gasteiger partial charge in [0.2, 0.25) is 5.82 Å². The van der Waals surface area contributed by atoms with Crippen molar-refractivity contribution in [2.24, 2.45) is 12.2 Å². The van der Waals surface area contributed by atoms with Crippen molar-refractivity contribution in [1.82, 2.24) is 9.78 Å². The third-order valence-corrected chi connectivity index (χ3v) is 1.63. The lowest BCUT2D eigenvalue weighted by Crippen LogP contribution is -1.85. The highest BCUT2D eigenvalue weighted by atomic mass is 16.3. The van der Waals surface area contributed by atoms with Crippen molar-refractivity contribution in [2.75, 3.05) is 0 Å². The largest absolute Gasteiger partial charge is 0.309 e. The Morgan fingerprint density at radius 2 is 2.36 bits per heavy atom. The van der Waals surface area contributed by atoms with Crippen molar-refractivity contribution < 1.29 is 0 Å². The van der Waals surface area contributed by atoms with Gasteiger partial charge in [-0.1, -0.05) is 0 Å². The predicted molar refractivity (Wildman–Crippen MR) is 54.2 cm³/mol. The van der Waals surface area contributed by atoms with Crippen LogP contribution in [0.4, 0.5) is 5.82 Å². The van der Waals surface area contributed by atoms with Crippen LogP contribution in [0.25, 0.3) is 5.57 Å². The molecule has 0 unspecified atom stereocenters. The van der Waals surface area contributed by atoms with Crippen molar-refractivity contribution in [2.45, 2.75) is 0 Å². The first-order chi connectivity index (χ1) is 6.72. The summed E-state index contributed by atoms with van der Waals surface area (Å²) >= 11 is 0. The molecule has 0 bridgehead atoms. The number of nitrogens with one attached hydrogen (secondary N) is 2. The smallest absolute Gasteiger partial charge is 0.225 e. The van der Waals surface area contributed by atoms with Crippen LogP contribution in [0.2, 0.25) is 0 Å². The minimum absolute atomic E-state index is 0.0316. The summed E-state index contributed by atoms with van der Waals surface area (Å²) in [6.45, 7) is 0. The lowest BCUT2D eigenvalue weighted by molar-refractivity contribution is 0.768. The highest BCUT2D eigenvalue weighted by Crippen LogP contribution is 2.22. The van der Waals surface area contributed by atoms with Crippen molar-refractivity contribution in [1.29, 1.82) is 10.8 Å². The molecule has 1 heterocycles. The van der Waals surface area contributed by atoms with Crippen molar-refractivity contribution >= 4 is 23.8 Å². The predicted octanol–water partition coefficient (Wildman–Crippen LogP) is 1.50. The lowest BCUT2D eigenvalue weighted by atomic mass is 10.1. The first-order valence-electron chi connectivity index (χ1n) is 3.81. The average molecular weight is 191 g/mol. The van der Waals surface area contributed by atoms with E-state index < -0.39 is 0 Å². The lowest BCUT2D eigenvalue weighted by Gasteiger charge is -1.93.